The van der Waals surface area contributed by atoms with Crippen molar-refractivity contribution in [2.24, 2.45) is 5.84 Å². The fourth-order valence-corrected chi connectivity index (χ4v) is 3.42. The summed E-state index contributed by atoms with van der Waals surface area (Å²) >= 11 is 6.25. The van der Waals surface area contributed by atoms with Gasteiger partial charge in [-0.3, -0.25) is 4.79 Å². The molecule has 4 rings (SSSR count). The van der Waals surface area contributed by atoms with Gasteiger partial charge in [-0.15, -0.1) is 0 Å². The van der Waals surface area contributed by atoms with E-state index in [1.54, 1.807) is 36.2 Å². The average molecular weight is 409 g/mol. The lowest BCUT2D eigenvalue weighted by Gasteiger charge is -2.18. The molecule has 1 saturated carbocycles. The zero-order valence-electron chi connectivity index (χ0n) is 16.0. The van der Waals surface area contributed by atoms with E-state index in [1.165, 1.54) is 16.8 Å². The van der Waals surface area contributed by atoms with E-state index >= 15 is 0 Å². The molecule has 0 aliphatic heterocycles. The van der Waals surface area contributed by atoms with Gasteiger partial charge in [-0.2, -0.15) is 5.10 Å². The van der Waals surface area contributed by atoms with E-state index < -0.39 is 0 Å². The van der Waals surface area contributed by atoms with Crippen LogP contribution in [-0.4, -0.2) is 32.6 Å². The molecule has 1 amide bonds. The van der Waals surface area contributed by atoms with E-state index in [0.29, 0.717) is 33.4 Å². The number of nitrogens with one attached hydrogen (secondary N) is 1. The number of carbonyl (C=O) groups excluding carboxylic acids is 1. The lowest BCUT2D eigenvalue weighted by molar-refractivity contribution is 0.0968. The molecule has 0 radical (unpaired) electrons. The minimum atomic E-state index is -0.344. The van der Waals surface area contributed by atoms with Crippen molar-refractivity contribution in [3.05, 3.63) is 83.0 Å². The Morgan fingerprint density at radius 3 is 2.93 bits per heavy atom. The van der Waals surface area contributed by atoms with Gasteiger partial charge >= 0.3 is 0 Å². The molecule has 7 nitrogen and oxygen atoms in total. The maximum absolute atomic E-state index is 13.0. The van der Waals surface area contributed by atoms with Crippen LogP contribution in [0.15, 0.2) is 61.3 Å². The maximum Gasteiger partial charge on any atom is 0.261 e. The lowest BCUT2D eigenvalue weighted by Crippen LogP contribution is -2.28. The summed E-state index contributed by atoms with van der Waals surface area (Å²) < 4.78 is 1.55. The molecule has 3 aromatic rings. The molecule has 148 valence electrons. The SMILES string of the molecule is C=C(/C(=C\N(C)N)NC(=O)c1cnn2cccnc12)c1cc(Cl)ccc1C1CC1. The minimum Gasteiger partial charge on any atom is -0.320 e. The number of benzene rings is 1. The molecular formula is C21H21ClN6O. The van der Waals surface area contributed by atoms with Gasteiger partial charge in [0.2, 0.25) is 0 Å². The Kier molecular flexibility index (Phi) is 5.08. The van der Waals surface area contributed by atoms with Gasteiger partial charge in [0.25, 0.3) is 5.91 Å². The zero-order valence-corrected chi connectivity index (χ0v) is 16.7. The number of nitrogens with two attached hydrogens (primary N) is 1. The molecule has 0 atom stereocenters. The van der Waals surface area contributed by atoms with Crippen LogP contribution in [0, 0.1) is 0 Å². The number of halogens is 1. The molecule has 3 N–H and O–H groups in total. The average Bonchev–Trinajstić information content (AvgIpc) is 3.44. The molecule has 2 heterocycles. The summed E-state index contributed by atoms with van der Waals surface area (Å²) in [4.78, 5) is 17.2. The zero-order chi connectivity index (χ0) is 20.5. The Balaban J connectivity index is 1.68. The van der Waals surface area contributed by atoms with Gasteiger partial charge in [-0.25, -0.2) is 15.3 Å². The van der Waals surface area contributed by atoms with Crippen molar-refractivity contribution >= 4 is 28.7 Å². The first-order chi connectivity index (χ1) is 13.9. The molecule has 1 aromatic carbocycles. The Morgan fingerprint density at radius 2 is 2.21 bits per heavy atom. The van der Waals surface area contributed by atoms with Crippen molar-refractivity contribution in [3.63, 3.8) is 0 Å². The van der Waals surface area contributed by atoms with Gasteiger partial charge in [-0.1, -0.05) is 24.2 Å². The number of hydrogen-bond acceptors (Lipinski definition) is 5. The number of amides is 1. The Bertz CT molecular complexity index is 1130. The van der Waals surface area contributed by atoms with E-state index in [0.717, 1.165) is 18.4 Å². The fourth-order valence-electron chi connectivity index (χ4n) is 3.25. The molecule has 8 heteroatoms. The minimum absolute atomic E-state index is 0.344. The quantitative estimate of drug-likeness (QED) is 0.371. The largest absolute Gasteiger partial charge is 0.320 e. The summed E-state index contributed by atoms with van der Waals surface area (Å²) in [5, 5.41) is 9.07. The van der Waals surface area contributed by atoms with Crippen molar-refractivity contribution in [2.45, 2.75) is 18.8 Å². The molecule has 1 fully saturated rings. The number of aromatic nitrogens is 3. The fraction of sp³-hybridized carbons (Fsp3) is 0.190. The van der Waals surface area contributed by atoms with Crippen LogP contribution in [0.1, 0.15) is 40.2 Å². The van der Waals surface area contributed by atoms with Gasteiger partial charge in [-0.05, 0) is 53.7 Å². The van der Waals surface area contributed by atoms with Crippen molar-refractivity contribution < 1.29 is 4.79 Å². The highest BCUT2D eigenvalue weighted by atomic mass is 35.5. The van der Waals surface area contributed by atoms with Gasteiger partial charge in [0, 0.05) is 30.7 Å². The number of allylic oxidation sites excluding steroid dienone is 1. The highest BCUT2D eigenvalue weighted by molar-refractivity contribution is 6.30. The number of carbonyl (C=O) groups is 1. The molecule has 0 unspecified atom stereocenters. The van der Waals surface area contributed by atoms with Crippen LogP contribution in [0.25, 0.3) is 11.2 Å². The number of hydrogen-bond donors (Lipinski definition) is 2. The highest BCUT2D eigenvalue weighted by Gasteiger charge is 2.28. The maximum atomic E-state index is 13.0. The van der Waals surface area contributed by atoms with Gasteiger partial charge in [0.15, 0.2) is 5.65 Å². The number of nitrogens with zero attached hydrogens (tertiary/aromatic N) is 4. The Hall–Kier alpha value is -3.16. The molecule has 0 saturated heterocycles. The van der Waals surface area contributed by atoms with Crippen molar-refractivity contribution in [3.8, 4) is 0 Å². The second-order valence-corrected chi connectivity index (χ2v) is 7.53. The van der Waals surface area contributed by atoms with Crippen molar-refractivity contribution in [2.75, 3.05) is 7.05 Å². The van der Waals surface area contributed by atoms with Crippen LogP contribution >= 0.6 is 11.6 Å². The highest BCUT2D eigenvalue weighted by Crippen LogP contribution is 2.44. The molecule has 0 spiro atoms. The molecule has 0 bridgehead atoms. The lowest BCUT2D eigenvalue weighted by atomic mass is 9.95. The number of fused-ring (bicyclic) bond motifs is 1. The summed E-state index contributed by atoms with van der Waals surface area (Å²) in [6.07, 6.45) is 8.73. The summed E-state index contributed by atoms with van der Waals surface area (Å²) in [6.45, 7) is 4.23. The predicted octanol–water partition coefficient (Wildman–Crippen LogP) is 3.35. The molecule has 1 aliphatic rings. The predicted molar refractivity (Wildman–Crippen MR) is 113 cm³/mol. The van der Waals surface area contributed by atoms with Crippen LogP contribution in [-0.2, 0) is 0 Å². The first-order valence-electron chi connectivity index (χ1n) is 9.22. The standard InChI is InChI=1S/C21H21ClN6O/c1-13(17-10-15(22)6-7-16(17)14-4-5-14)19(12-27(2)23)26-21(29)18-11-25-28-9-3-8-24-20(18)28/h3,6-12,14H,1,4-5,23H2,2H3,(H,26,29)/b19-12+. The molecule has 2 aromatic heterocycles. The normalized spacial score (nSPS) is 14.1. The van der Waals surface area contributed by atoms with E-state index in [1.807, 2.05) is 18.2 Å². The summed E-state index contributed by atoms with van der Waals surface area (Å²) in [5.41, 5.74) is 4.04. The third-order valence-electron chi connectivity index (χ3n) is 4.79. The van der Waals surface area contributed by atoms with Gasteiger partial charge in [0.1, 0.15) is 5.56 Å². The molecule has 1 aliphatic carbocycles. The summed E-state index contributed by atoms with van der Waals surface area (Å²) in [7, 11) is 1.68. The van der Waals surface area contributed by atoms with Crippen LogP contribution in [0.3, 0.4) is 0 Å². The van der Waals surface area contributed by atoms with Gasteiger partial charge in [0.05, 0.1) is 11.9 Å². The summed E-state index contributed by atoms with van der Waals surface area (Å²) in [5.74, 6) is 6.00. The van der Waals surface area contributed by atoms with Gasteiger partial charge < -0.3 is 10.3 Å². The third kappa shape index (κ3) is 4.01. The first-order valence-corrected chi connectivity index (χ1v) is 9.60. The number of hydrazine groups is 1. The third-order valence-corrected chi connectivity index (χ3v) is 5.02. The monoisotopic (exact) mass is 408 g/mol. The van der Waals surface area contributed by atoms with E-state index in [-0.39, 0.29) is 5.91 Å². The second kappa shape index (κ2) is 7.69. The Morgan fingerprint density at radius 1 is 1.41 bits per heavy atom. The summed E-state index contributed by atoms with van der Waals surface area (Å²) in [6, 6.07) is 7.54. The topological polar surface area (TPSA) is 88.5 Å². The van der Waals surface area contributed by atoms with E-state index in [9.17, 15) is 4.79 Å². The molecular weight excluding hydrogens is 388 g/mol. The smallest absolute Gasteiger partial charge is 0.261 e. The van der Waals surface area contributed by atoms with E-state index in [4.69, 9.17) is 17.4 Å². The Labute approximate surface area is 173 Å². The van der Waals surface area contributed by atoms with Crippen LogP contribution < -0.4 is 11.2 Å². The van der Waals surface area contributed by atoms with Crippen molar-refractivity contribution in [1.82, 2.24) is 24.9 Å². The van der Waals surface area contributed by atoms with Crippen molar-refractivity contribution in [1.29, 1.82) is 0 Å². The first kappa shape index (κ1) is 19.2. The van der Waals surface area contributed by atoms with Crippen LogP contribution in [0.5, 0.6) is 0 Å². The van der Waals surface area contributed by atoms with Crippen LogP contribution in [0.2, 0.25) is 5.02 Å². The second-order valence-electron chi connectivity index (χ2n) is 7.09. The van der Waals surface area contributed by atoms with E-state index in [2.05, 4.69) is 22.0 Å². The van der Waals surface area contributed by atoms with Crippen LogP contribution in [0.4, 0.5) is 0 Å². The number of rotatable bonds is 6. The molecule has 29 heavy (non-hydrogen) atoms.